The first-order valence-electron chi connectivity index (χ1n) is 7.61. The van der Waals surface area contributed by atoms with Gasteiger partial charge in [-0.05, 0) is 44.4 Å². The molecule has 0 aromatic carbocycles. The number of nitriles is 2. The van der Waals surface area contributed by atoms with E-state index in [9.17, 15) is 10.1 Å². The standard InChI is InChI=1S/C17H20N2O2/c1-11(2)15(20)21-17-7-12-5-13(14(17)3-4-18)8-16(6-12,9-17)10-19/h12-14H,1,3,5-9H2,2H3. The van der Waals surface area contributed by atoms with Crippen molar-refractivity contribution in [2.45, 2.75) is 51.0 Å². The molecule has 5 unspecified atom stereocenters. The number of nitrogens with zero attached hydrogens (tertiary/aromatic N) is 2. The summed E-state index contributed by atoms with van der Waals surface area (Å²) >= 11 is 0. The highest BCUT2D eigenvalue weighted by Gasteiger charge is 2.64. The molecule has 4 nitrogen and oxygen atoms in total. The van der Waals surface area contributed by atoms with Gasteiger partial charge in [0.1, 0.15) is 5.60 Å². The maximum atomic E-state index is 12.1. The summed E-state index contributed by atoms with van der Waals surface area (Å²) in [7, 11) is 0. The fourth-order valence-corrected chi connectivity index (χ4v) is 5.19. The van der Waals surface area contributed by atoms with Gasteiger partial charge in [-0.15, -0.1) is 0 Å². The lowest BCUT2D eigenvalue weighted by atomic mass is 9.44. The third kappa shape index (κ3) is 2.05. The van der Waals surface area contributed by atoms with Crippen molar-refractivity contribution in [2.75, 3.05) is 0 Å². The van der Waals surface area contributed by atoms with Crippen LogP contribution in [0.15, 0.2) is 12.2 Å². The zero-order chi connectivity index (χ0) is 15.3. The Kier molecular flexibility index (Phi) is 3.10. The van der Waals surface area contributed by atoms with Crippen molar-refractivity contribution in [2.24, 2.45) is 23.2 Å². The molecule has 4 heteroatoms. The van der Waals surface area contributed by atoms with E-state index in [1.165, 1.54) is 0 Å². The average Bonchev–Trinajstić information content (AvgIpc) is 2.42. The van der Waals surface area contributed by atoms with Crippen LogP contribution in [0.5, 0.6) is 0 Å². The van der Waals surface area contributed by atoms with E-state index in [-0.39, 0.29) is 17.3 Å². The van der Waals surface area contributed by atoms with Crippen LogP contribution in [-0.2, 0) is 9.53 Å². The van der Waals surface area contributed by atoms with Crippen LogP contribution in [0.25, 0.3) is 0 Å². The molecule has 0 amide bonds. The van der Waals surface area contributed by atoms with Gasteiger partial charge in [-0.25, -0.2) is 4.79 Å². The van der Waals surface area contributed by atoms with Crippen LogP contribution >= 0.6 is 0 Å². The van der Waals surface area contributed by atoms with Gasteiger partial charge in [0.25, 0.3) is 0 Å². The van der Waals surface area contributed by atoms with E-state index >= 15 is 0 Å². The molecule has 4 saturated carbocycles. The molecule has 4 aliphatic rings. The van der Waals surface area contributed by atoms with Crippen LogP contribution in [0, 0.1) is 45.8 Å². The van der Waals surface area contributed by atoms with E-state index in [2.05, 4.69) is 18.7 Å². The molecule has 0 aromatic rings. The van der Waals surface area contributed by atoms with E-state index < -0.39 is 5.60 Å². The van der Waals surface area contributed by atoms with Crippen molar-refractivity contribution in [3.8, 4) is 12.1 Å². The molecule has 4 rings (SSSR count). The lowest BCUT2D eigenvalue weighted by Gasteiger charge is -2.62. The predicted octanol–water partition coefficient (Wildman–Crippen LogP) is 3.11. The number of hydrogen-bond acceptors (Lipinski definition) is 4. The molecule has 0 saturated heterocycles. The molecular formula is C17H20N2O2. The van der Waals surface area contributed by atoms with Crippen molar-refractivity contribution < 1.29 is 9.53 Å². The lowest BCUT2D eigenvalue weighted by Crippen LogP contribution is -2.62. The Morgan fingerprint density at radius 2 is 2.14 bits per heavy atom. The molecule has 0 N–H and O–H groups in total. The summed E-state index contributed by atoms with van der Waals surface area (Å²) in [6.07, 6.45) is 4.65. The monoisotopic (exact) mass is 284 g/mol. The van der Waals surface area contributed by atoms with Crippen LogP contribution in [0.3, 0.4) is 0 Å². The number of carbonyl (C=O) groups excluding carboxylic acids is 1. The Labute approximate surface area is 125 Å². The Morgan fingerprint density at radius 3 is 2.76 bits per heavy atom. The summed E-state index contributed by atoms with van der Waals surface area (Å²) in [6.45, 7) is 5.30. The van der Waals surface area contributed by atoms with Gasteiger partial charge in [0, 0.05) is 24.3 Å². The van der Waals surface area contributed by atoms with Gasteiger partial charge in [0.05, 0.1) is 17.6 Å². The molecule has 110 valence electrons. The molecule has 0 aromatic heterocycles. The second-order valence-electron chi connectivity index (χ2n) is 7.25. The van der Waals surface area contributed by atoms with Crippen LogP contribution < -0.4 is 0 Å². The van der Waals surface area contributed by atoms with Gasteiger partial charge in [-0.2, -0.15) is 10.5 Å². The molecule has 21 heavy (non-hydrogen) atoms. The molecule has 5 atom stereocenters. The second-order valence-corrected chi connectivity index (χ2v) is 7.25. The first-order chi connectivity index (χ1) is 9.93. The van der Waals surface area contributed by atoms with Crippen LogP contribution in [0.4, 0.5) is 0 Å². The van der Waals surface area contributed by atoms with Crippen molar-refractivity contribution in [3.63, 3.8) is 0 Å². The summed E-state index contributed by atoms with van der Waals surface area (Å²) in [6, 6.07) is 4.76. The molecule has 0 heterocycles. The van der Waals surface area contributed by atoms with Crippen molar-refractivity contribution in [1.82, 2.24) is 0 Å². The Hall–Kier alpha value is -1.81. The smallest absolute Gasteiger partial charge is 0.333 e. The number of ether oxygens (including phenoxy) is 1. The van der Waals surface area contributed by atoms with Crippen LogP contribution in [-0.4, -0.2) is 11.6 Å². The first kappa shape index (κ1) is 14.1. The summed E-state index contributed by atoms with van der Waals surface area (Å²) < 4.78 is 5.86. The normalized spacial score (nSPS) is 42.9. The minimum absolute atomic E-state index is 0.0730. The highest BCUT2D eigenvalue weighted by atomic mass is 16.6. The van der Waals surface area contributed by atoms with Crippen LogP contribution in [0.1, 0.15) is 45.4 Å². The van der Waals surface area contributed by atoms with Crippen molar-refractivity contribution >= 4 is 5.97 Å². The van der Waals surface area contributed by atoms with Gasteiger partial charge in [0.15, 0.2) is 0 Å². The van der Waals surface area contributed by atoms with E-state index in [0.717, 1.165) is 25.7 Å². The van der Waals surface area contributed by atoms with Crippen LogP contribution in [0.2, 0.25) is 0 Å². The number of rotatable bonds is 3. The Morgan fingerprint density at radius 1 is 1.38 bits per heavy atom. The molecular weight excluding hydrogens is 264 g/mol. The predicted molar refractivity (Wildman–Crippen MR) is 75.5 cm³/mol. The molecule has 4 bridgehead atoms. The summed E-state index contributed by atoms with van der Waals surface area (Å²) in [4.78, 5) is 12.1. The number of esters is 1. The number of carbonyl (C=O) groups is 1. The molecule has 0 radical (unpaired) electrons. The highest BCUT2D eigenvalue weighted by Crippen LogP contribution is 2.65. The summed E-state index contributed by atoms with van der Waals surface area (Å²) in [5.74, 6) is 0.477. The van der Waals surface area contributed by atoms with Gasteiger partial charge < -0.3 is 4.74 Å². The quantitative estimate of drug-likeness (QED) is 0.589. The SMILES string of the molecule is C=C(C)C(=O)OC12CC3CC(CC(C#N)(C3)C1)C2CC#N. The zero-order valence-corrected chi connectivity index (χ0v) is 12.4. The topological polar surface area (TPSA) is 73.9 Å². The van der Waals surface area contributed by atoms with Gasteiger partial charge in [0.2, 0.25) is 0 Å². The van der Waals surface area contributed by atoms with E-state index in [1.807, 2.05) is 0 Å². The van der Waals surface area contributed by atoms with Crippen molar-refractivity contribution in [3.05, 3.63) is 12.2 Å². The maximum absolute atomic E-state index is 12.1. The largest absolute Gasteiger partial charge is 0.455 e. The Bertz CT molecular complexity index is 585. The minimum atomic E-state index is -0.619. The van der Waals surface area contributed by atoms with Gasteiger partial charge in [-0.3, -0.25) is 0 Å². The third-order valence-electron chi connectivity index (χ3n) is 5.68. The van der Waals surface area contributed by atoms with E-state index in [4.69, 9.17) is 10.00 Å². The van der Waals surface area contributed by atoms with E-state index in [1.54, 1.807) is 6.92 Å². The highest BCUT2D eigenvalue weighted by molar-refractivity contribution is 5.87. The molecule has 4 aliphatic carbocycles. The Balaban J connectivity index is 1.98. The number of hydrogen-bond donors (Lipinski definition) is 0. The first-order valence-corrected chi connectivity index (χ1v) is 7.61. The molecule has 0 aliphatic heterocycles. The zero-order valence-electron chi connectivity index (χ0n) is 12.4. The summed E-state index contributed by atoms with van der Waals surface area (Å²) in [5.41, 5.74) is -0.592. The van der Waals surface area contributed by atoms with E-state index in [0.29, 0.717) is 30.3 Å². The fourth-order valence-electron chi connectivity index (χ4n) is 5.19. The lowest BCUT2D eigenvalue weighted by molar-refractivity contribution is -0.214. The minimum Gasteiger partial charge on any atom is -0.455 e. The van der Waals surface area contributed by atoms with Crippen molar-refractivity contribution in [1.29, 1.82) is 10.5 Å². The van der Waals surface area contributed by atoms with Gasteiger partial charge >= 0.3 is 5.97 Å². The van der Waals surface area contributed by atoms with Gasteiger partial charge in [-0.1, -0.05) is 6.58 Å². The second kappa shape index (κ2) is 4.60. The molecule has 0 spiro atoms. The third-order valence-corrected chi connectivity index (χ3v) is 5.68. The fraction of sp³-hybridized carbons (Fsp3) is 0.706. The maximum Gasteiger partial charge on any atom is 0.333 e. The summed E-state index contributed by atoms with van der Waals surface area (Å²) in [5, 5.41) is 18.8. The average molecular weight is 284 g/mol. The molecule has 4 fully saturated rings.